The van der Waals surface area contributed by atoms with Crippen molar-refractivity contribution in [2.24, 2.45) is 0 Å². The molecule has 3 nitrogen and oxygen atoms in total. The Balaban J connectivity index is 2.40. The smallest absolute Gasteiger partial charge is 0.238 e. The minimum Gasteiger partial charge on any atom is -0.494 e. The standard InChI is InChI=1S/C4H4NO2P/c6-3-1-2(8-1)4(7)5-3/h1,7-8H,(H,5,6). The predicted molar refractivity (Wildman–Crippen MR) is 29.9 cm³/mol. The lowest BCUT2D eigenvalue weighted by Crippen LogP contribution is -2.19. The van der Waals surface area contributed by atoms with Crippen LogP contribution < -0.4 is 5.32 Å². The number of carbonyl (C=O) groups excluding carboxylic acids is 1. The zero-order valence-corrected chi connectivity index (χ0v) is 4.93. The number of rotatable bonds is 0. The van der Waals surface area contributed by atoms with E-state index in [1.54, 1.807) is 0 Å². The summed E-state index contributed by atoms with van der Waals surface area (Å²) < 4.78 is 0. The van der Waals surface area contributed by atoms with E-state index in [0.29, 0.717) is 8.58 Å². The zero-order valence-electron chi connectivity index (χ0n) is 3.93. The Kier molecular flexibility index (Phi) is 0.571. The normalized spacial score (nSPS) is 35.5. The van der Waals surface area contributed by atoms with Crippen LogP contribution in [0, 0.1) is 0 Å². The lowest BCUT2D eigenvalue weighted by molar-refractivity contribution is -0.118. The van der Waals surface area contributed by atoms with E-state index in [-0.39, 0.29) is 17.4 Å². The minimum atomic E-state index is -0.0316. The van der Waals surface area contributed by atoms with Crippen molar-refractivity contribution >= 4 is 14.5 Å². The fourth-order valence-electron chi connectivity index (χ4n) is 0.772. The summed E-state index contributed by atoms with van der Waals surface area (Å²) in [5, 5.41) is 12.0. The maximum atomic E-state index is 10.5. The Morgan fingerprint density at radius 2 is 2.50 bits per heavy atom. The first-order valence-electron chi connectivity index (χ1n) is 2.29. The summed E-state index contributed by atoms with van der Waals surface area (Å²) in [5.41, 5.74) is 0.0648. The Labute approximate surface area is 47.6 Å². The average molecular weight is 129 g/mol. The molecule has 0 aromatic heterocycles. The van der Waals surface area contributed by atoms with Gasteiger partial charge in [0.05, 0.1) is 5.66 Å². The molecular weight excluding hydrogens is 125 g/mol. The fourth-order valence-corrected chi connectivity index (χ4v) is 1.67. The van der Waals surface area contributed by atoms with E-state index in [1.807, 2.05) is 0 Å². The highest BCUT2D eigenvalue weighted by molar-refractivity contribution is 7.56. The van der Waals surface area contributed by atoms with Crippen molar-refractivity contribution in [1.82, 2.24) is 5.32 Å². The molecule has 2 unspecified atom stereocenters. The van der Waals surface area contributed by atoms with Crippen LogP contribution in [0.3, 0.4) is 0 Å². The van der Waals surface area contributed by atoms with Gasteiger partial charge in [-0.1, -0.05) is 8.58 Å². The van der Waals surface area contributed by atoms with E-state index in [0.717, 1.165) is 5.31 Å². The summed E-state index contributed by atoms with van der Waals surface area (Å²) in [4.78, 5) is 10.5. The van der Waals surface area contributed by atoms with Crippen LogP contribution in [0.1, 0.15) is 0 Å². The van der Waals surface area contributed by atoms with Gasteiger partial charge in [0.15, 0.2) is 5.88 Å². The molecule has 0 spiro atoms. The van der Waals surface area contributed by atoms with Crippen molar-refractivity contribution in [3.63, 3.8) is 0 Å². The summed E-state index contributed by atoms with van der Waals surface area (Å²) in [6, 6.07) is 0. The molecule has 2 N–H and O–H groups in total. The van der Waals surface area contributed by atoms with E-state index in [1.165, 1.54) is 0 Å². The fraction of sp³-hybridized carbons (Fsp3) is 0.250. The molecule has 1 amide bonds. The molecule has 1 saturated heterocycles. The number of aliphatic hydroxyl groups is 1. The van der Waals surface area contributed by atoms with Crippen LogP contribution in [0.5, 0.6) is 0 Å². The highest BCUT2D eigenvalue weighted by Gasteiger charge is 2.46. The summed E-state index contributed by atoms with van der Waals surface area (Å²) in [7, 11) is 0.563. The largest absolute Gasteiger partial charge is 0.494 e. The maximum Gasteiger partial charge on any atom is 0.238 e. The molecule has 42 valence electrons. The summed E-state index contributed by atoms with van der Waals surface area (Å²) in [6.07, 6.45) is 0. The molecule has 0 radical (unpaired) electrons. The monoisotopic (exact) mass is 129 g/mol. The lowest BCUT2D eigenvalue weighted by Gasteiger charge is -1.92. The number of amides is 1. The van der Waals surface area contributed by atoms with Crippen molar-refractivity contribution < 1.29 is 9.90 Å². The second-order valence-corrected chi connectivity index (χ2v) is 3.23. The van der Waals surface area contributed by atoms with Gasteiger partial charge in [0.1, 0.15) is 0 Å². The first kappa shape index (κ1) is 4.33. The van der Waals surface area contributed by atoms with Gasteiger partial charge in [0, 0.05) is 5.31 Å². The van der Waals surface area contributed by atoms with Gasteiger partial charge in [-0.25, -0.2) is 0 Å². The molecule has 1 fully saturated rings. The molecule has 2 atom stereocenters. The molecule has 2 aliphatic heterocycles. The summed E-state index contributed by atoms with van der Waals surface area (Å²) in [5.74, 6) is 0.0779. The quantitative estimate of drug-likeness (QED) is 0.449. The molecule has 0 bridgehead atoms. The number of nitrogens with one attached hydrogen (secondary N) is 1. The van der Waals surface area contributed by atoms with Gasteiger partial charge in [-0.05, 0) is 0 Å². The van der Waals surface area contributed by atoms with Gasteiger partial charge < -0.3 is 5.11 Å². The van der Waals surface area contributed by atoms with Crippen LogP contribution in [0.2, 0.25) is 0 Å². The highest BCUT2D eigenvalue weighted by Crippen LogP contribution is 2.57. The van der Waals surface area contributed by atoms with Crippen LogP contribution in [0.15, 0.2) is 11.2 Å². The van der Waals surface area contributed by atoms with Crippen molar-refractivity contribution in [2.45, 2.75) is 5.66 Å². The summed E-state index contributed by atoms with van der Waals surface area (Å²) in [6.45, 7) is 0. The third-order valence-electron chi connectivity index (χ3n) is 1.26. The van der Waals surface area contributed by atoms with E-state index in [9.17, 15) is 4.79 Å². The minimum absolute atomic E-state index is 0.0316. The molecule has 8 heavy (non-hydrogen) atoms. The lowest BCUT2D eigenvalue weighted by atomic mass is 10.5. The molecule has 0 aromatic carbocycles. The van der Waals surface area contributed by atoms with Crippen molar-refractivity contribution in [2.75, 3.05) is 0 Å². The number of aliphatic hydroxyl groups excluding tert-OH is 1. The van der Waals surface area contributed by atoms with E-state index < -0.39 is 0 Å². The van der Waals surface area contributed by atoms with Crippen LogP contribution in [0.25, 0.3) is 0 Å². The van der Waals surface area contributed by atoms with Crippen molar-refractivity contribution in [3.05, 3.63) is 11.2 Å². The Morgan fingerprint density at radius 1 is 1.75 bits per heavy atom. The SMILES string of the molecule is O=C1NC(O)=C2PC12. The molecule has 0 saturated carbocycles. The first-order chi connectivity index (χ1) is 3.79. The molecule has 2 heterocycles. The van der Waals surface area contributed by atoms with E-state index >= 15 is 0 Å². The number of carbonyl (C=O) groups is 1. The topological polar surface area (TPSA) is 49.3 Å². The average Bonchev–Trinajstić information content (AvgIpc) is 2.35. The van der Waals surface area contributed by atoms with E-state index in [2.05, 4.69) is 5.32 Å². The molecule has 4 heteroatoms. The van der Waals surface area contributed by atoms with Crippen LogP contribution in [-0.4, -0.2) is 16.7 Å². The molecule has 0 aliphatic carbocycles. The third-order valence-corrected chi connectivity index (χ3v) is 2.63. The number of hydrogen-bond donors (Lipinski definition) is 2. The second kappa shape index (κ2) is 1.06. The highest BCUT2D eigenvalue weighted by atomic mass is 31.1. The Bertz CT molecular complexity index is 198. The Hall–Kier alpha value is -0.560. The molecule has 0 aromatic rings. The molecular formula is C4H4NO2P. The number of hydrogen-bond acceptors (Lipinski definition) is 2. The van der Waals surface area contributed by atoms with Crippen molar-refractivity contribution in [1.29, 1.82) is 0 Å². The van der Waals surface area contributed by atoms with Gasteiger partial charge in [0.2, 0.25) is 5.91 Å². The van der Waals surface area contributed by atoms with Crippen LogP contribution in [-0.2, 0) is 4.79 Å². The third kappa shape index (κ3) is 0.353. The van der Waals surface area contributed by atoms with Crippen LogP contribution >= 0.6 is 8.58 Å². The first-order valence-corrected chi connectivity index (χ1v) is 3.37. The predicted octanol–water partition coefficient (Wildman–Crippen LogP) is -0.0960. The molecule has 2 aliphatic rings. The van der Waals surface area contributed by atoms with Crippen molar-refractivity contribution in [3.8, 4) is 0 Å². The Morgan fingerprint density at radius 3 is 2.62 bits per heavy atom. The van der Waals surface area contributed by atoms with Gasteiger partial charge >= 0.3 is 0 Å². The van der Waals surface area contributed by atoms with Gasteiger partial charge in [-0.2, -0.15) is 0 Å². The van der Waals surface area contributed by atoms with Gasteiger partial charge in [-0.3, -0.25) is 10.1 Å². The molecule has 2 rings (SSSR count). The van der Waals surface area contributed by atoms with E-state index in [4.69, 9.17) is 5.11 Å². The van der Waals surface area contributed by atoms with Gasteiger partial charge in [-0.15, -0.1) is 0 Å². The summed E-state index contributed by atoms with van der Waals surface area (Å²) >= 11 is 0. The zero-order chi connectivity index (χ0) is 5.72. The maximum absolute atomic E-state index is 10.5. The van der Waals surface area contributed by atoms with Crippen LogP contribution in [0.4, 0.5) is 0 Å². The number of fused-ring (bicyclic) bond motifs is 1. The second-order valence-electron chi connectivity index (χ2n) is 1.83. The van der Waals surface area contributed by atoms with Gasteiger partial charge in [0.25, 0.3) is 0 Å².